The number of nitrogens with zero attached hydrogens (tertiary/aromatic N) is 2. The van der Waals surface area contributed by atoms with Crippen LogP contribution in [0.1, 0.15) is 98.0 Å². The van der Waals surface area contributed by atoms with Crippen molar-refractivity contribution in [2.75, 3.05) is 0 Å². The molecule has 4 aliphatic rings. The smallest absolute Gasteiger partial charge is 0.297 e. The molecule has 4 saturated carbocycles. The summed E-state index contributed by atoms with van der Waals surface area (Å²) in [6.45, 7) is 11.2. The number of ketones is 1. The van der Waals surface area contributed by atoms with E-state index in [1.165, 1.54) is 43.2 Å². The van der Waals surface area contributed by atoms with Gasteiger partial charge in [0.1, 0.15) is 0 Å². The van der Waals surface area contributed by atoms with Crippen LogP contribution in [0.5, 0.6) is 0 Å². The molecule has 5 unspecified atom stereocenters. The number of fused-ring (bicyclic) bond motifs is 5. The van der Waals surface area contributed by atoms with Crippen LogP contribution < -0.4 is 0 Å². The van der Waals surface area contributed by atoms with Crippen LogP contribution in [0.15, 0.2) is 12.4 Å². The van der Waals surface area contributed by atoms with Crippen molar-refractivity contribution in [3.05, 3.63) is 18.0 Å². The first kappa shape index (κ1) is 25.8. The van der Waals surface area contributed by atoms with E-state index >= 15 is 0 Å². The second-order valence-electron chi connectivity index (χ2n) is 12.1. The van der Waals surface area contributed by atoms with E-state index in [4.69, 9.17) is 0 Å². The van der Waals surface area contributed by atoms with Crippen molar-refractivity contribution in [2.45, 2.75) is 105 Å². The van der Waals surface area contributed by atoms with Crippen LogP contribution in [-0.2, 0) is 17.5 Å². The fraction of sp³-hybridized carbons (Fsp3) is 0.857. The summed E-state index contributed by atoms with van der Waals surface area (Å²) in [6, 6.07) is 0. The van der Waals surface area contributed by atoms with E-state index in [2.05, 4.69) is 25.9 Å². The third kappa shape index (κ3) is 4.25. The van der Waals surface area contributed by atoms with Crippen molar-refractivity contribution in [1.29, 1.82) is 0 Å². The molecule has 1 heterocycles. The molecule has 5 rings (SSSR count). The quantitative estimate of drug-likeness (QED) is 0.442. The Labute approximate surface area is 203 Å². The summed E-state index contributed by atoms with van der Waals surface area (Å²) >= 11 is 0. The van der Waals surface area contributed by atoms with E-state index in [0.29, 0.717) is 17.3 Å². The molecular formula is C28H43F3N2O. The van der Waals surface area contributed by atoms with Gasteiger partial charge in [-0.3, -0.25) is 9.48 Å². The number of hydrogen-bond donors (Lipinski definition) is 0. The van der Waals surface area contributed by atoms with Gasteiger partial charge in [0.15, 0.2) is 5.78 Å². The van der Waals surface area contributed by atoms with E-state index in [1.54, 1.807) is 0 Å². The minimum absolute atomic E-state index is 0.0105. The SMILES string of the molecule is CC.C[C@H]1CC[C@@]2(C)C(CCC3C2CC[C@]2(C)C(C(=O)Cn4cc(C(F)(F)F)cn4)CCC32)C1. The van der Waals surface area contributed by atoms with Gasteiger partial charge in [0.2, 0.25) is 0 Å². The van der Waals surface area contributed by atoms with Gasteiger partial charge in [-0.15, -0.1) is 0 Å². The number of carbonyl (C=O) groups is 1. The van der Waals surface area contributed by atoms with Crippen LogP contribution >= 0.6 is 0 Å². The standard InChI is InChI=1S/C26H37F3N2O.C2H6/c1-16-8-10-24(2)17(12-16)4-5-19-20-6-7-22(25(20,3)11-9-21(19)24)23(32)15-31-14-18(13-30-31)26(27,28)29;1-2/h13-14,16-17,19-22H,4-12,15H2,1-3H3;1-2H3/t16-,17?,19?,20?,21?,22?,24-,25-;/m0./s1. The van der Waals surface area contributed by atoms with Crippen LogP contribution in [0.25, 0.3) is 0 Å². The predicted molar refractivity (Wildman–Crippen MR) is 128 cm³/mol. The number of aromatic nitrogens is 2. The molecule has 0 N–H and O–H groups in total. The third-order valence-corrected chi connectivity index (χ3v) is 10.6. The van der Waals surface area contributed by atoms with Gasteiger partial charge in [-0.1, -0.05) is 41.0 Å². The van der Waals surface area contributed by atoms with Crippen molar-refractivity contribution >= 4 is 5.78 Å². The monoisotopic (exact) mass is 480 g/mol. The highest BCUT2D eigenvalue weighted by Crippen LogP contribution is 2.67. The van der Waals surface area contributed by atoms with Crippen LogP contribution in [0.3, 0.4) is 0 Å². The lowest BCUT2D eigenvalue weighted by Gasteiger charge is -2.61. The Balaban J connectivity index is 0.00000133. The fourth-order valence-corrected chi connectivity index (χ4v) is 8.87. The zero-order valence-corrected chi connectivity index (χ0v) is 21.6. The Morgan fingerprint density at radius 3 is 2.38 bits per heavy atom. The minimum atomic E-state index is -4.42. The van der Waals surface area contributed by atoms with E-state index in [1.807, 2.05) is 13.8 Å². The van der Waals surface area contributed by atoms with Crippen molar-refractivity contribution in [3.63, 3.8) is 0 Å². The van der Waals surface area contributed by atoms with E-state index in [0.717, 1.165) is 49.4 Å². The summed E-state index contributed by atoms with van der Waals surface area (Å²) < 4.78 is 39.9. The molecule has 34 heavy (non-hydrogen) atoms. The Kier molecular flexibility index (Phi) is 7.03. The molecular weight excluding hydrogens is 437 g/mol. The Bertz CT molecular complexity index is 879. The maximum atomic E-state index is 13.3. The lowest BCUT2D eigenvalue weighted by molar-refractivity contribution is -0.139. The third-order valence-electron chi connectivity index (χ3n) is 10.6. The maximum absolute atomic E-state index is 13.3. The minimum Gasteiger partial charge on any atom is -0.297 e. The molecule has 192 valence electrons. The van der Waals surface area contributed by atoms with Gasteiger partial charge in [-0.05, 0) is 91.8 Å². The molecule has 0 bridgehead atoms. The molecule has 0 spiro atoms. The average Bonchev–Trinajstić information content (AvgIpc) is 3.39. The molecule has 0 aromatic carbocycles. The maximum Gasteiger partial charge on any atom is 0.419 e. The van der Waals surface area contributed by atoms with Crippen molar-refractivity contribution in [3.8, 4) is 0 Å². The first-order valence-corrected chi connectivity index (χ1v) is 13.6. The van der Waals surface area contributed by atoms with Gasteiger partial charge in [0, 0.05) is 12.1 Å². The zero-order valence-electron chi connectivity index (χ0n) is 21.6. The van der Waals surface area contributed by atoms with Gasteiger partial charge >= 0.3 is 6.18 Å². The number of hydrogen-bond acceptors (Lipinski definition) is 2. The zero-order chi connectivity index (χ0) is 24.9. The normalized spacial score (nSPS) is 41.5. The Morgan fingerprint density at radius 2 is 1.71 bits per heavy atom. The molecule has 1 aromatic heterocycles. The molecule has 3 nitrogen and oxygen atoms in total. The summed E-state index contributed by atoms with van der Waals surface area (Å²) in [7, 11) is 0. The van der Waals surface area contributed by atoms with Gasteiger partial charge in [0.05, 0.1) is 18.3 Å². The summed E-state index contributed by atoms with van der Waals surface area (Å²) in [5.74, 6) is 3.80. The molecule has 8 atom stereocenters. The van der Waals surface area contributed by atoms with E-state index < -0.39 is 11.7 Å². The van der Waals surface area contributed by atoms with Crippen LogP contribution in [-0.4, -0.2) is 15.6 Å². The molecule has 1 aromatic rings. The second-order valence-corrected chi connectivity index (χ2v) is 12.1. The predicted octanol–water partition coefficient (Wildman–Crippen LogP) is 7.79. The molecule has 4 aliphatic carbocycles. The molecule has 6 heteroatoms. The summed E-state index contributed by atoms with van der Waals surface area (Å²) in [5.41, 5.74) is -0.334. The van der Waals surface area contributed by atoms with Crippen LogP contribution in [0, 0.1) is 46.3 Å². The van der Waals surface area contributed by atoms with Gasteiger partial charge in [-0.2, -0.15) is 18.3 Å². The number of halogens is 3. The Hall–Kier alpha value is -1.33. The lowest BCUT2D eigenvalue weighted by atomic mass is 9.44. The summed E-state index contributed by atoms with van der Waals surface area (Å²) in [5, 5.41) is 3.82. The molecule has 0 saturated heterocycles. The van der Waals surface area contributed by atoms with Crippen LogP contribution in [0.2, 0.25) is 0 Å². The van der Waals surface area contributed by atoms with Crippen molar-refractivity contribution in [1.82, 2.24) is 9.78 Å². The van der Waals surface area contributed by atoms with Crippen molar-refractivity contribution in [2.24, 2.45) is 46.3 Å². The molecule has 0 aliphatic heterocycles. The van der Waals surface area contributed by atoms with Gasteiger partial charge in [0.25, 0.3) is 0 Å². The summed E-state index contributed by atoms with van der Waals surface area (Å²) in [6.07, 6.45) is 8.36. The molecule has 0 radical (unpaired) electrons. The summed E-state index contributed by atoms with van der Waals surface area (Å²) in [4.78, 5) is 13.3. The van der Waals surface area contributed by atoms with Crippen LogP contribution in [0.4, 0.5) is 13.2 Å². The number of rotatable bonds is 3. The van der Waals surface area contributed by atoms with E-state index in [-0.39, 0.29) is 23.7 Å². The fourth-order valence-electron chi connectivity index (χ4n) is 8.87. The Morgan fingerprint density at radius 1 is 1.03 bits per heavy atom. The highest BCUT2D eigenvalue weighted by molar-refractivity contribution is 5.82. The average molecular weight is 481 g/mol. The van der Waals surface area contributed by atoms with E-state index in [9.17, 15) is 18.0 Å². The largest absolute Gasteiger partial charge is 0.419 e. The molecule has 0 amide bonds. The number of Topliss-reactive ketones (excluding diaryl/α,β-unsaturated/α-hetero) is 1. The van der Waals surface area contributed by atoms with Crippen molar-refractivity contribution < 1.29 is 18.0 Å². The van der Waals surface area contributed by atoms with Gasteiger partial charge in [-0.25, -0.2) is 0 Å². The topological polar surface area (TPSA) is 34.9 Å². The first-order chi connectivity index (χ1) is 16.0. The molecule has 4 fully saturated rings. The number of alkyl halides is 3. The lowest BCUT2D eigenvalue weighted by Crippen LogP contribution is -2.53. The highest BCUT2D eigenvalue weighted by Gasteiger charge is 2.60. The second kappa shape index (κ2) is 9.28. The first-order valence-electron chi connectivity index (χ1n) is 13.6. The highest BCUT2D eigenvalue weighted by atomic mass is 19.4. The van der Waals surface area contributed by atoms with Gasteiger partial charge < -0.3 is 0 Å². The number of carbonyl (C=O) groups excluding carboxylic acids is 1.